The molecule has 0 aliphatic heterocycles. The summed E-state index contributed by atoms with van der Waals surface area (Å²) >= 11 is 0. The third kappa shape index (κ3) is 6.10. The average Bonchev–Trinajstić information content (AvgIpc) is 1.96. The smallest absolute Gasteiger partial charge is 0.237 e. The van der Waals surface area contributed by atoms with Crippen LogP contribution in [0.3, 0.4) is 0 Å². The molecule has 0 atom stereocenters. The molecule has 76 valence electrons. The number of primary amides is 1. The van der Waals surface area contributed by atoms with Gasteiger partial charge in [-0.2, -0.15) is 0 Å². The zero-order chi connectivity index (χ0) is 10.4. The Morgan fingerprint density at radius 1 is 1.23 bits per heavy atom. The zero-order valence-electron chi connectivity index (χ0n) is 8.41. The van der Waals surface area contributed by atoms with Gasteiger partial charge in [0.1, 0.15) is 0 Å². The number of hydrogen-bond donors (Lipinski definition) is 1. The molecule has 5 nitrogen and oxygen atoms in total. The van der Waals surface area contributed by atoms with Gasteiger partial charge in [0.25, 0.3) is 0 Å². The van der Waals surface area contributed by atoms with Crippen molar-refractivity contribution in [2.24, 2.45) is 5.73 Å². The van der Waals surface area contributed by atoms with Crippen molar-refractivity contribution in [2.75, 3.05) is 33.7 Å². The lowest BCUT2D eigenvalue weighted by atomic mass is 10.4. The van der Waals surface area contributed by atoms with Crippen LogP contribution in [-0.4, -0.2) is 55.3 Å². The van der Waals surface area contributed by atoms with E-state index < -0.39 is 5.91 Å². The van der Waals surface area contributed by atoms with Gasteiger partial charge in [0, 0.05) is 20.0 Å². The summed E-state index contributed by atoms with van der Waals surface area (Å²) in [5, 5.41) is 0. The Bertz CT molecular complexity index is 192. The first-order valence-corrected chi connectivity index (χ1v) is 4.12. The first kappa shape index (κ1) is 11.9. The molecule has 5 heteroatoms. The lowest BCUT2D eigenvalue weighted by Crippen LogP contribution is -2.40. The second kappa shape index (κ2) is 5.53. The van der Waals surface area contributed by atoms with Gasteiger partial charge in [-0.15, -0.1) is 0 Å². The van der Waals surface area contributed by atoms with Crippen LogP contribution >= 0.6 is 0 Å². The minimum Gasteiger partial charge on any atom is -0.368 e. The van der Waals surface area contributed by atoms with Crippen LogP contribution in [0.5, 0.6) is 0 Å². The Morgan fingerprint density at radius 2 is 1.77 bits per heavy atom. The summed E-state index contributed by atoms with van der Waals surface area (Å²) < 4.78 is 0. The number of amides is 2. The summed E-state index contributed by atoms with van der Waals surface area (Å²) in [7, 11) is 3.81. The quantitative estimate of drug-likeness (QED) is 0.593. The lowest BCUT2D eigenvalue weighted by molar-refractivity contribution is -0.133. The van der Waals surface area contributed by atoms with Crippen molar-refractivity contribution in [3.63, 3.8) is 0 Å². The average molecular weight is 187 g/mol. The predicted molar refractivity (Wildman–Crippen MR) is 50.0 cm³/mol. The van der Waals surface area contributed by atoms with E-state index in [0.29, 0.717) is 6.54 Å². The number of carbonyl (C=O) groups is 2. The fourth-order valence-electron chi connectivity index (χ4n) is 0.857. The van der Waals surface area contributed by atoms with E-state index in [1.54, 1.807) is 0 Å². The Labute approximate surface area is 78.5 Å². The highest BCUT2D eigenvalue weighted by Crippen LogP contribution is 1.89. The molecule has 0 saturated carbocycles. The van der Waals surface area contributed by atoms with E-state index in [0.717, 1.165) is 6.54 Å². The van der Waals surface area contributed by atoms with Gasteiger partial charge in [0.05, 0.1) is 6.54 Å². The molecule has 2 N–H and O–H groups in total. The van der Waals surface area contributed by atoms with Crippen molar-refractivity contribution >= 4 is 11.8 Å². The van der Waals surface area contributed by atoms with Crippen LogP contribution in [0.1, 0.15) is 6.92 Å². The van der Waals surface area contributed by atoms with E-state index in [2.05, 4.69) is 0 Å². The molecule has 0 aromatic rings. The molecule has 0 aliphatic carbocycles. The van der Waals surface area contributed by atoms with Crippen molar-refractivity contribution in [2.45, 2.75) is 6.92 Å². The molecular formula is C8H17N3O2. The molecule has 0 saturated heterocycles. The molecule has 0 aliphatic rings. The summed E-state index contributed by atoms with van der Waals surface area (Å²) in [5.74, 6) is -0.602. The first-order chi connectivity index (χ1) is 5.93. The van der Waals surface area contributed by atoms with Gasteiger partial charge in [-0.25, -0.2) is 0 Å². The van der Waals surface area contributed by atoms with E-state index >= 15 is 0 Å². The highest BCUT2D eigenvalue weighted by molar-refractivity contribution is 5.82. The number of carbonyl (C=O) groups excluding carboxylic acids is 2. The number of nitrogens with two attached hydrogens (primary N) is 1. The Balaban J connectivity index is 3.95. The third-order valence-electron chi connectivity index (χ3n) is 1.61. The topological polar surface area (TPSA) is 66.6 Å². The van der Waals surface area contributed by atoms with Crippen LogP contribution in [0.4, 0.5) is 0 Å². The van der Waals surface area contributed by atoms with Crippen molar-refractivity contribution < 1.29 is 9.59 Å². The largest absolute Gasteiger partial charge is 0.368 e. The second-order valence-corrected chi connectivity index (χ2v) is 3.21. The summed E-state index contributed by atoms with van der Waals surface area (Å²) in [4.78, 5) is 24.9. The first-order valence-electron chi connectivity index (χ1n) is 4.12. The molecule has 0 aromatic carbocycles. The lowest BCUT2D eigenvalue weighted by Gasteiger charge is -2.21. The number of rotatable bonds is 5. The fourth-order valence-corrected chi connectivity index (χ4v) is 0.857. The van der Waals surface area contributed by atoms with E-state index in [-0.39, 0.29) is 12.5 Å². The molecule has 0 rings (SSSR count). The Kier molecular flexibility index (Phi) is 5.06. The zero-order valence-corrected chi connectivity index (χ0v) is 8.41. The minimum atomic E-state index is -0.478. The summed E-state index contributed by atoms with van der Waals surface area (Å²) in [6, 6.07) is 0. The number of hydrogen-bond acceptors (Lipinski definition) is 3. The second-order valence-electron chi connectivity index (χ2n) is 3.21. The van der Waals surface area contributed by atoms with Crippen LogP contribution in [0, 0.1) is 0 Å². The molecule has 2 amide bonds. The van der Waals surface area contributed by atoms with E-state index in [9.17, 15) is 9.59 Å². The van der Waals surface area contributed by atoms with Crippen LogP contribution in [-0.2, 0) is 9.59 Å². The monoisotopic (exact) mass is 187 g/mol. The predicted octanol–water partition coefficient (Wildman–Crippen LogP) is -1.12. The molecule has 0 radical (unpaired) electrons. The molecule has 0 spiro atoms. The van der Waals surface area contributed by atoms with Crippen LogP contribution in [0.25, 0.3) is 0 Å². The molecule has 0 heterocycles. The highest BCUT2D eigenvalue weighted by Gasteiger charge is 2.10. The molecule has 13 heavy (non-hydrogen) atoms. The fraction of sp³-hybridized carbons (Fsp3) is 0.750. The SMILES string of the molecule is CC(=O)N(CCN(C)C)CC(N)=O. The minimum absolute atomic E-state index is 0.00315. The van der Waals surface area contributed by atoms with Crippen LogP contribution in [0.15, 0.2) is 0 Å². The molecule has 0 bridgehead atoms. The van der Waals surface area contributed by atoms with Gasteiger partial charge in [-0.1, -0.05) is 0 Å². The van der Waals surface area contributed by atoms with Crippen molar-refractivity contribution in [3.05, 3.63) is 0 Å². The maximum atomic E-state index is 11.0. The third-order valence-corrected chi connectivity index (χ3v) is 1.61. The standard InChI is InChI=1S/C8H17N3O2/c1-7(12)11(6-8(9)13)5-4-10(2)3/h4-6H2,1-3H3,(H2,9,13). The van der Waals surface area contributed by atoms with Gasteiger partial charge in [0.2, 0.25) is 11.8 Å². The normalized spacial score (nSPS) is 10.2. The molecular weight excluding hydrogens is 170 g/mol. The van der Waals surface area contributed by atoms with Gasteiger partial charge < -0.3 is 15.5 Å². The van der Waals surface area contributed by atoms with Crippen molar-refractivity contribution in [1.29, 1.82) is 0 Å². The van der Waals surface area contributed by atoms with E-state index in [1.807, 2.05) is 19.0 Å². The Morgan fingerprint density at radius 3 is 2.08 bits per heavy atom. The summed E-state index contributed by atoms with van der Waals surface area (Å²) in [6.07, 6.45) is 0. The van der Waals surface area contributed by atoms with Gasteiger partial charge in [-0.3, -0.25) is 9.59 Å². The highest BCUT2D eigenvalue weighted by atomic mass is 16.2. The maximum Gasteiger partial charge on any atom is 0.237 e. The van der Waals surface area contributed by atoms with E-state index in [4.69, 9.17) is 5.73 Å². The maximum absolute atomic E-state index is 11.0. The number of likely N-dealkylation sites (N-methyl/N-ethyl adjacent to an activating group) is 1. The van der Waals surface area contributed by atoms with Gasteiger partial charge in [0.15, 0.2) is 0 Å². The Hall–Kier alpha value is -1.10. The molecule has 0 aromatic heterocycles. The van der Waals surface area contributed by atoms with E-state index in [1.165, 1.54) is 11.8 Å². The number of nitrogens with zero attached hydrogens (tertiary/aromatic N) is 2. The van der Waals surface area contributed by atoms with Crippen molar-refractivity contribution in [3.8, 4) is 0 Å². The van der Waals surface area contributed by atoms with Gasteiger partial charge in [-0.05, 0) is 14.1 Å². The molecule has 0 fully saturated rings. The summed E-state index contributed by atoms with van der Waals surface area (Å²) in [5.41, 5.74) is 4.99. The molecule has 0 unspecified atom stereocenters. The summed E-state index contributed by atoms with van der Waals surface area (Å²) in [6.45, 7) is 2.69. The van der Waals surface area contributed by atoms with Crippen molar-refractivity contribution in [1.82, 2.24) is 9.80 Å². The van der Waals surface area contributed by atoms with Gasteiger partial charge >= 0.3 is 0 Å². The van der Waals surface area contributed by atoms with Crippen LogP contribution < -0.4 is 5.73 Å². The van der Waals surface area contributed by atoms with Crippen LogP contribution in [0.2, 0.25) is 0 Å².